The van der Waals surface area contributed by atoms with Crippen molar-refractivity contribution in [3.63, 3.8) is 0 Å². The normalized spacial score (nSPS) is 27.7. The molecular formula is C20H25N3O6S. The molecule has 162 valence electrons. The van der Waals surface area contributed by atoms with E-state index < -0.39 is 22.0 Å². The van der Waals surface area contributed by atoms with Gasteiger partial charge in [-0.1, -0.05) is 0 Å². The molecule has 0 spiro atoms. The molecule has 3 amide bonds. The number of sulfonamides is 1. The molecule has 0 radical (unpaired) electrons. The fourth-order valence-electron chi connectivity index (χ4n) is 4.42. The molecule has 0 bridgehead atoms. The molecular weight excluding hydrogens is 410 g/mol. The van der Waals surface area contributed by atoms with E-state index in [1.165, 1.54) is 15.5 Å². The summed E-state index contributed by atoms with van der Waals surface area (Å²) in [6.45, 7) is 2.45. The van der Waals surface area contributed by atoms with Gasteiger partial charge < -0.3 is 9.64 Å². The van der Waals surface area contributed by atoms with Gasteiger partial charge in [-0.25, -0.2) is 8.42 Å². The molecule has 10 heteroatoms. The van der Waals surface area contributed by atoms with E-state index in [1.54, 1.807) is 18.2 Å². The van der Waals surface area contributed by atoms with Gasteiger partial charge in [0.25, 0.3) is 5.91 Å². The minimum absolute atomic E-state index is 0.0560. The predicted molar refractivity (Wildman–Crippen MR) is 107 cm³/mol. The number of piperidine rings is 2. The average Bonchev–Trinajstić information content (AvgIpc) is 2.98. The third-order valence-corrected chi connectivity index (χ3v) is 7.37. The molecule has 30 heavy (non-hydrogen) atoms. The Morgan fingerprint density at radius 3 is 2.60 bits per heavy atom. The summed E-state index contributed by atoms with van der Waals surface area (Å²) < 4.78 is 31.5. The van der Waals surface area contributed by atoms with Crippen molar-refractivity contribution < 1.29 is 27.5 Å². The Bertz CT molecular complexity index is 1010. The van der Waals surface area contributed by atoms with Gasteiger partial charge in [0, 0.05) is 24.6 Å². The van der Waals surface area contributed by atoms with E-state index in [4.69, 9.17) is 4.74 Å². The first-order valence-electron chi connectivity index (χ1n) is 10.0. The third kappa shape index (κ3) is 3.93. The van der Waals surface area contributed by atoms with Crippen molar-refractivity contribution in [2.24, 2.45) is 0 Å². The number of carbonyl (C=O) groups excluding carboxylic acids is 3. The van der Waals surface area contributed by atoms with Crippen LogP contribution < -0.4 is 10.1 Å². The van der Waals surface area contributed by atoms with Crippen LogP contribution in [0.4, 0.5) is 0 Å². The van der Waals surface area contributed by atoms with Gasteiger partial charge in [-0.15, -0.1) is 0 Å². The molecule has 3 heterocycles. The standard InChI is InChI=1S/C20H25N3O6S/c1-12-3-4-15(11-23(12)30(2,27)28)29-14-5-6-16-13(9-14)10-22(20(16)26)17-7-8-18(24)21-19(17)25/h5-6,9,12,15,17H,3-4,7-8,10-11H2,1-2H3,(H,21,24,25)/t12-,15+,17?/m0/s1. The number of benzene rings is 1. The number of nitrogens with zero attached hydrogens (tertiary/aromatic N) is 2. The van der Waals surface area contributed by atoms with Crippen LogP contribution in [-0.4, -0.2) is 66.3 Å². The molecule has 2 fully saturated rings. The van der Waals surface area contributed by atoms with E-state index in [9.17, 15) is 22.8 Å². The minimum atomic E-state index is -3.31. The summed E-state index contributed by atoms with van der Waals surface area (Å²) in [5.74, 6) is -0.428. The average molecular weight is 436 g/mol. The van der Waals surface area contributed by atoms with Crippen molar-refractivity contribution in [2.75, 3.05) is 12.8 Å². The summed E-state index contributed by atoms with van der Waals surface area (Å²) in [4.78, 5) is 37.8. The Morgan fingerprint density at radius 2 is 1.90 bits per heavy atom. The SMILES string of the molecule is C[C@H]1CC[C@@H](Oc2ccc3c(c2)CN(C2CCC(=O)NC2=O)C3=O)CN1S(C)(=O)=O. The third-order valence-electron chi connectivity index (χ3n) is 6.01. The molecule has 9 nitrogen and oxygen atoms in total. The van der Waals surface area contributed by atoms with Crippen LogP contribution in [0.15, 0.2) is 18.2 Å². The molecule has 3 aliphatic rings. The predicted octanol–water partition coefficient (Wildman–Crippen LogP) is 0.639. The van der Waals surface area contributed by atoms with Crippen molar-refractivity contribution in [1.82, 2.24) is 14.5 Å². The summed E-state index contributed by atoms with van der Waals surface area (Å²) in [5, 5.41) is 2.29. The lowest BCUT2D eigenvalue weighted by atomic mass is 10.0. The molecule has 3 atom stereocenters. The summed E-state index contributed by atoms with van der Waals surface area (Å²) in [5.41, 5.74) is 1.27. The van der Waals surface area contributed by atoms with E-state index in [-0.39, 0.29) is 36.9 Å². The van der Waals surface area contributed by atoms with Crippen LogP contribution in [0.25, 0.3) is 0 Å². The van der Waals surface area contributed by atoms with E-state index in [1.807, 2.05) is 6.92 Å². The molecule has 1 unspecified atom stereocenters. The number of rotatable bonds is 4. The number of nitrogens with one attached hydrogen (secondary N) is 1. The maximum absolute atomic E-state index is 12.8. The highest BCUT2D eigenvalue weighted by atomic mass is 32.2. The van der Waals surface area contributed by atoms with Gasteiger partial charge in [-0.3, -0.25) is 19.7 Å². The number of hydrogen-bond acceptors (Lipinski definition) is 6. The lowest BCUT2D eigenvalue weighted by Gasteiger charge is -2.36. The number of carbonyl (C=O) groups is 3. The Labute approximate surface area is 175 Å². The Kier molecular flexibility index (Phi) is 5.31. The first kappa shape index (κ1) is 20.8. The van der Waals surface area contributed by atoms with Crippen LogP contribution in [0.3, 0.4) is 0 Å². The Balaban J connectivity index is 1.47. The molecule has 0 saturated carbocycles. The lowest BCUT2D eigenvalue weighted by Crippen LogP contribution is -2.52. The summed E-state index contributed by atoms with van der Waals surface area (Å²) in [6.07, 6.45) is 2.92. The van der Waals surface area contributed by atoms with E-state index in [0.29, 0.717) is 30.7 Å². The van der Waals surface area contributed by atoms with Gasteiger partial charge in [0.15, 0.2) is 0 Å². The molecule has 1 aromatic rings. The second kappa shape index (κ2) is 7.66. The topological polar surface area (TPSA) is 113 Å². The van der Waals surface area contributed by atoms with Gasteiger partial charge in [-0.05, 0) is 49.9 Å². The molecule has 1 N–H and O–H groups in total. The van der Waals surface area contributed by atoms with Gasteiger partial charge in [-0.2, -0.15) is 4.31 Å². The second-order valence-corrected chi connectivity index (χ2v) is 10.2. The van der Waals surface area contributed by atoms with E-state index in [0.717, 1.165) is 12.0 Å². The number of ether oxygens (including phenoxy) is 1. The zero-order valence-electron chi connectivity index (χ0n) is 17.0. The van der Waals surface area contributed by atoms with Crippen LogP contribution in [0, 0.1) is 0 Å². The minimum Gasteiger partial charge on any atom is -0.489 e. The summed E-state index contributed by atoms with van der Waals surface area (Å²) >= 11 is 0. The molecule has 0 aromatic heterocycles. The monoisotopic (exact) mass is 435 g/mol. The first-order valence-corrected chi connectivity index (χ1v) is 11.9. The number of fused-ring (bicyclic) bond motifs is 1. The van der Waals surface area contributed by atoms with Crippen molar-refractivity contribution in [2.45, 2.75) is 57.3 Å². The molecule has 2 saturated heterocycles. The summed E-state index contributed by atoms with van der Waals surface area (Å²) in [7, 11) is -3.31. The van der Waals surface area contributed by atoms with Gasteiger partial charge in [0.1, 0.15) is 17.9 Å². The zero-order chi connectivity index (χ0) is 21.6. The highest BCUT2D eigenvalue weighted by Gasteiger charge is 2.39. The number of amides is 3. The molecule has 0 aliphatic carbocycles. The zero-order valence-corrected chi connectivity index (χ0v) is 17.8. The van der Waals surface area contributed by atoms with Crippen molar-refractivity contribution >= 4 is 27.7 Å². The smallest absolute Gasteiger partial charge is 0.255 e. The second-order valence-electron chi connectivity index (χ2n) is 8.22. The maximum atomic E-state index is 12.8. The van der Waals surface area contributed by atoms with Crippen LogP contribution in [0.5, 0.6) is 5.75 Å². The Morgan fingerprint density at radius 1 is 1.13 bits per heavy atom. The highest BCUT2D eigenvalue weighted by Crippen LogP contribution is 2.31. The first-order chi connectivity index (χ1) is 14.1. The fraction of sp³-hybridized carbons (Fsp3) is 0.550. The number of hydrogen-bond donors (Lipinski definition) is 1. The highest BCUT2D eigenvalue weighted by molar-refractivity contribution is 7.88. The van der Waals surface area contributed by atoms with Gasteiger partial charge in [0.2, 0.25) is 21.8 Å². The van der Waals surface area contributed by atoms with Crippen LogP contribution in [0.2, 0.25) is 0 Å². The Hall–Kier alpha value is -2.46. The largest absolute Gasteiger partial charge is 0.489 e. The number of imide groups is 1. The fourth-order valence-corrected chi connectivity index (χ4v) is 5.61. The van der Waals surface area contributed by atoms with Gasteiger partial charge >= 0.3 is 0 Å². The van der Waals surface area contributed by atoms with Crippen molar-refractivity contribution in [1.29, 1.82) is 0 Å². The van der Waals surface area contributed by atoms with Crippen molar-refractivity contribution in [3.8, 4) is 5.75 Å². The van der Waals surface area contributed by atoms with Crippen LogP contribution in [0.1, 0.15) is 48.5 Å². The van der Waals surface area contributed by atoms with Gasteiger partial charge in [0.05, 0.1) is 12.8 Å². The lowest BCUT2D eigenvalue weighted by molar-refractivity contribution is -0.136. The summed E-state index contributed by atoms with van der Waals surface area (Å²) in [6, 6.07) is 4.45. The molecule has 4 rings (SSSR count). The molecule has 1 aromatic carbocycles. The maximum Gasteiger partial charge on any atom is 0.255 e. The van der Waals surface area contributed by atoms with Crippen LogP contribution >= 0.6 is 0 Å². The van der Waals surface area contributed by atoms with E-state index >= 15 is 0 Å². The van der Waals surface area contributed by atoms with Crippen LogP contribution in [-0.2, 0) is 26.2 Å². The van der Waals surface area contributed by atoms with E-state index in [2.05, 4.69) is 5.32 Å². The van der Waals surface area contributed by atoms with Crippen molar-refractivity contribution in [3.05, 3.63) is 29.3 Å². The molecule has 3 aliphatic heterocycles. The quantitative estimate of drug-likeness (QED) is 0.695.